The first kappa shape index (κ1) is 11.6. The van der Waals surface area contributed by atoms with Gasteiger partial charge in [-0.2, -0.15) is 5.10 Å². The van der Waals surface area contributed by atoms with Crippen LogP contribution < -0.4 is 17.5 Å². The summed E-state index contributed by atoms with van der Waals surface area (Å²) in [4.78, 5) is 4.24. The quantitative estimate of drug-likeness (QED) is 0.147. The molecule has 0 aromatic heterocycles. The number of hydrogen-bond acceptors (Lipinski definition) is 6. The van der Waals surface area contributed by atoms with Gasteiger partial charge < -0.3 is 10.7 Å². The maximum Gasteiger partial charge on any atom is 0.170 e. The number of hydrazine groups is 1. The lowest BCUT2D eigenvalue weighted by atomic mass is 10.7. The molecule has 0 saturated heterocycles. The predicted octanol–water partition coefficient (Wildman–Crippen LogP) is -0.889. The zero-order valence-corrected chi connectivity index (χ0v) is 5.98. The van der Waals surface area contributed by atoms with Gasteiger partial charge in [0, 0.05) is 5.28 Å². The standard InChI is InChI=1S/C3H8N4O.H4N2/c1-3(5-4)6-7-8-2;1-2/h4H2,1-2H3;1-2H2. The highest BCUT2D eigenvalue weighted by molar-refractivity contribution is 5.79. The second-order valence-electron chi connectivity index (χ2n) is 1.04. The third kappa shape index (κ3) is 9.92. The predicted molar refractivity (Wildman–Crippen MR) is 37.5 cm³/mol. The van der Waals surface area contributed by atoms with Gasteiger partial charge in [-0.15, -0.1) is 0 Å². The molecular weight excluding hydrogens is 136 g/mol. The van der Waals surface area contributed by atoms with Crippen molar-refractivity contribution in [2.45, 2.75) is 6.92 Å². The Hall–Kier alpha value is -1.21. The topological polar surface area (TPSA) is 124 Å². The minimum atomic E-state index is 0.381. The summed E-state index contributed by atoms with van der Waals surface area (Å²) in [6.07, 6.45) is 0. The Balaban J connectivity index is 0. The highest BCUT2D eigenvalue weighted by Gasteiger charge is 1.78. The van der Waals surface area contributed by atoms with Crippen LogP contribution in [-0.4, -0.2) is 12.9 Å². The molecule has 0 saturated carbocycles. The van der Waals surface area contributed by atoms with Crippen molar-refractivity contribution in [3.05, 3.63) is 0 Å². The van der Waals surface area contributed by atoms with Gasteiger partial charge in [0.1, 0.15) is 7.11 Å². The lowest BCUT2D eigenvalue weighted by Crippen LogP contribution is -2.02. The molecule has 0 aromatic rings. The van der Waals surface area contributed by atoms with Crippen molar-refractivity contribution in [2.24, 2.45) is 33.0 Å². The average Bonchev–Trinajstić information content (AvgIpc) is 2.04. The van der Waals surface area contributed by atoms with Crippen LogP contribution in [0.3, 0.4) is 0 Å². The molecule has 0 aromatic carbocycles. The Morgan fingerprint density at radius 3 is 2.20 bits per heavy atom. The summed E-state index contributed by atoms with van der Waals surface area (Å²) >= 11 is 0. The molecule has 6 N–H and O–H groups in total. The third-order valence-corrected chi connectivity index (χ3v) is 0.454. The monoisotopic (exact) mass is 148 g/mol. The van der Waals surface area contributed by atoms with E-state index in [0.29, 0.717) is 5.84 Å². The first-order valence-corrected chi connectivity index (χ1v) is 2.33. The Bertz CT molecular complexity index is 110. The molecule has 10 heavy (non-hydrogen) atoms. The summed E-state index contributed by atoms with van der Waals surface area (Å²) in [6.45, 7) is 1.61. The van der Waals surface area contributed by atoms with Gasteiger partial charge in [-0.05, 0) is 6.92 Å². The number of nitrogens with zero attached hydrogens (tertiary/aromatic N) is 3. The number of hydrogen-bond donors (Lipinski definition) is 3. The van der Waals surface area contributed by atoms with E-state index >= 15 is 0 Å². The van der Waals surface area contributed by atoms with Crippen molar-refractivity contribution < 1.29 is 4.84 Å². The largest absolute Gasteiger partial charge is 0.383 e. The molecule has 7 nitrogen and oxygen atoms in total. The molecule has 0 atom stereocenters. The SMILES string of the molecule is CON=NC(C)=NN.NN. The minimum Gasteiger partial charge on any atom is -0.383 e. The Morgan fingerprint density at radius 2 is 1.90 bits per heavy atom. The van der Waals surface area contributed by atoms with Gasteiger partial charge in [0.05, 0.1) is 0 Å². The number of nitrogens with two attached hydrogens (primary N) is 3. The first-order valence-electron chi connectivity index (χ1n) is 2.33. The maximum atomic E-state index is 4.79. The molecule has 0 amide bonds. The number of amidine groups is 1. The average molecular weight is 148 g/mol. The van der Waals surface area contributed by atoms with Crippen molar-refractivity contribution in [3.63, 3.8) is 0 Å². The zero-order chi connectivity index (χ0) is 8.41. The van der Waals surface area contributed by atoms with E-state index in [1.54, 1.807) is 6.92 Å². The van der Waals surface area contributed by atoms with Gasteiger partial charge in [-0.1, -0.05) is 5.11 Å². The molecule has 0 spiro atoms. The van der Waals surface area contributed by atoms with Crippen LogP contribution in [0.4, 0.5) is 0 Å². The van der Waals surface area contributed by atoms with Crippen molar-refractivity contribution in [2.75, 3.05) is 7.11 Å². The van der Waals surface area contributed by atoms with Crippen molar-refractivity contribution >= 4 is 5.84 Å². The van der Waals surface area contributed by atoms with E-state index in [9.17, 15) is 0 Å². The normalized spacial score (nSPS) is 10.6. The molecule has 0 aliphatic rings. The van der Waals surface area contributed by atoms with Gasteiger partial charge in [0.25, 0.3) is 0 Å². The van der Waals surface area contributed by atoms with Crippen molar-refractivity contribution in [1.29, 1.82) is 0 Å². The Morgan fingerprint density at radius 1 is 1.40 bits per heavy atom. The van der Waals surface area contributed by atoms with Crippen LogP contribution >= 0.6 is 0 Å². The van der Waals surface area contributed by atoms with Gasteiger partial charge in [-0.3, -0.25) is 11.7 Å². The summed E-state index contributed by atoms with van der Waals surface area (Å²) in [5, 5.41) is 9.75. The van der Waals surface area contributed by atoms with Crippen LogP contribution in [0.2, 0.25) is 0 Å². The second-order valence-corrected chi connectivity index (χ2v) is 1.04. The van der Waals surface area contributed by atoms with E-state index in [2.05, 4.69) is 32.0 Å². The summed E-state index contributed by atoms with van der Waals surface area (Å²) in [6, 6.07) is 0. The molecule has 0 bridgehead atoms. The van der Waals surface area contributed by atoms with Crippen LogP contribution in [0.1, 0.15) is 6.92 Å². The van der Waals surface area contributed by atoms with E-state index in [-0.39, 0.29) is 0 Å². The van der Waals surface area contributed by atoms with Crippen molar-refractivity contribution in [3.8, 4) is 0 Å². The van der Waals surface area contributed by atoms with Crippen LogP contribution in [0, 0.1) is 0 Å². The highest BCUT2D eigenvalue weighted by atomic mass is 16.6. The summed E-state index contributed by atoms with van der Waals surface area (Å²) < 4.78 is 0. The fraction of sp³-hybridized carbons (Fsp3) is 0.667. The lowest BCUT2D eigenvalue weighted by molar-refractivity contribution is 0.192. The molecule has 0 unspecified atom stereocenters. The van der Waals surface area contributed by atoms with Gasteiger partial charge in [0.2, 0.25) is 0 Å². The molecule has 0 aliphatic carbocycles. The van der Waals surface area contributed by atoms with Crippen LogP contribution in [0.25, 0.3) is 0 Å². The van der Waals surface area contributed by atoms with E-state index in [0.717, 1.165) is 0 Å². The minimum absolute atomic E-state index is 0.381. The molecular formula is C3H12N6O. The maximum absolute atomic E-state index is 4.79. The summed E-state index contributed by atoms with van der Waals surface area (Å²) in [7, 11) is 1.40. The number of hydrazone groups is 1. The molecule has 0 aliphatic heterocycles. The van der Waals surface area contributed by atoms with Gasteiger partial charge in [0.15, 0.2) is 5.84 Å². The molecule has 0 fully saturated rings. The van der Waals surface area contributed by atoms with E-state index in [1.807, 2.05) is 0 Å². The molecule has 0 radical (unpaired) electrons. The molecule has 7 heteroatoms. The van der Waals surface area contributed by atoms with Gasteiger partial charge in [-0.25, -0.2) is 0 Å². The van der Waals surface area contributed by atoms with Gasteiger partial charge >= 0.3 is 0 Å². The number of rotatable bonds is 1. The first-order chi connectivity index (χ1) is 4.81. The van der Waals surface area contributed by atoms with E-state index in [4.69, 9.17) is 5.84 Å². The zero-order valence-electron chi connectivity index (χ0n) is 5.98. The fourth-order valence-electron chi connectivity index (χ4n) is 0.126. The van der Waals surface area contributed by atoms with Crippen LogP contribution in [0.15, 0.2) is 15.5 Å². The van der Waals surface area contributed by atoms with E-state index < -0.39 is 0 Å². The second kappa shape index (κ2) is 10.7. The van der Waals surface area contributed by atoms with Crippen LogP contribution in [0.5, 0.6) is 0 Å². The third-order valence-electron chi connectivity index (χ3n) is 0.454. The molecule has 0 heterocycles. The fourth-order valence-corrected chi connectivity index (χ4v) is 0.126. The summed E-state index contributed by atoms with van der Waals surface area (Å²) in [5.41, 5.74) is 0. The Kier molecular flexibility index (Phi) is 12.4. The smallest absolute Gasteiger partial charge is 0.170 e. The molecule has 0 rings (SSSR count). The molecule has 60 valence electrons. The van der Waals surface area contributed by atoms with Crippen LogP contribution in [-0.2, 0) is 4.84 Å². The summed E-state index contributed by atoms with van der Waals surface area (Å²) in [5.74, 6) is 13.2. The van der Waals surface area contributed by atoms with Crippen molar-refractivity contribution in [1.82, 2.24) is 0 Å². The Labute approximate surface area is 58.8 Å². The van der Waals surface area contributed by atoms with E-state index in [1.165, 1.54) is 7.11 Å². The lowest BCUT2D eigenvalue weighted by Gasteiger charge is -1.82. The highest BCUT2D eigenvalue weighted by Crippen LogP contribution is 1.77.